The van der Waals surface area contributed by atoms with Gasteiger partial charge in [-0.15, -0.1) is 0 Å². The third-order valence-corrected chi connectivity index (χ3v) is 1.65. The van der Waals surface area contributed by atoms with Crippen LogP contribution in [-0.4, -0.2) is 22.1 Å². The van der Waals surface area contributed by atoms with Gasteiger partial charge in [-0.05, 0) is 27.3 Å². The molecule has 0 aliphatic heterocycles. The van der Waals surface area contributed by atoms with Crippen LogP contribution in [0, 0.1) is 0 Å². The molecule has 0 atom stereocenters. The number of nitrogens with one attached hydrogen (secondary N) is 1. The van der Waals surface area contributed by atoms with E-state index in [1.165, 1.54) is 0 Å². The highest BCUT2D eigenvalue weighted by atomic mass is 16.5. The zero-order chi connectivity index (χ0) is 11.3. The molecule has 1 aromatic rings. The van der Waals surface area contributed by atoms with Crippen molar-refractivity contribution in [3.63, 3.8) is 0 Å². The van der Waals surface area contributed by atoms with Crippen LogP contribution in [0.15, 0.2) is 12.4 Å². The van der Waals surface area contributed by atoms with Crippen LogP contribution in [0.5, 0.6) is 5.88 Å². The van der Waals surface area contributed by atoms with Crippen LogP contribution in [0.4, 0.5) is 0 Å². The predicted octanol–water partition coefficient (Wildman–Crippen LogP) is 1.76. The van der Waals surface area contributed by atoms with Gasteiger partial charge in [0, 0.05) is 6.54 Å². The standard InChI is InChI=1S/C11H19N3O/c1-5-12-6-9-7-14-10(8-13-9)15-11(2,3)4/h7-8,12H,5-6H2,1-4H3. The molecule has 0 saturated carbocycles. The minimum atomic E-state index is -0.224. The largest absolute Gasteiger partial charge is 0.471 e. The van der Waals surface area contributed by atoms with E-state index in [1.807, 2.05) is 20.8 Å². The smallest absolute Gasteiger partial charge is 0.232 e. The first-order chi connectivity index (χ1) is 7.01. The van der Waals surface area contributed by atoms with Crippen LogP contribution < -0.4 is 10.1 Å². The van der Waals surface area contributed by atoms with E-state index in [2.05, 4.69) is 22.2 Å². The molecule has 0 radical (unpaired) electrons. The molecule has 0 aliphatic carbocycles. The van der Waals surface area contributed by atoms with E-state index in [0.717, 1.165) is 18.8 Å². The number of ether oxygens (including phenoxy) is 1. The van der Waals surface area contributed by atoms with Crippen LogP contribution in [0.2, 0.25) is 0 Å². The van der Waals surface area contributed by atoms with Crippen LogP contribution >= 0.6 is 0 Å². The van der Waals surface area contributed by atoms with Crippen molar-refractivity contribution in [1.82, 2.24) is 15.3 Å². The minimum Gasteiger partial charge on any atom is -0.471 e. The van der Waals surface area contributed by atoms with E-state index in [4.69, 9.17) is 4.74 Å². The van der Waals surface area contributed by atoms with Crippen molar-refractivity contribution in [1.29, 1.82) is 0 Å². The van der Waals surface area contributed by atoms with Gasteiger partial charge < -0.3 is 10.1 Å². The molecule has 0 unspecified atom stereocenters. The van der Waals surface area contributed by atoms with Gasteiger partial charge in [-0.25, -0.2) is 4.98 Å². The number of nitrogens with zero attached hydrogens (tertiary/aromatic N) is 2. The van der Waals surface area contributed by atoms with Crippen molar-refractivity contribution in [2.45, 2.75) is 39.8 Å². The van der Waals surface area contributed by atoms with E-state index in [1.54, 1.807) is 12.4 Å². The lowest BCUT2D eigenvalue weighted by Crippen LogP contribution is -2.23. The predicted molar refractivity (Wildman–Crippen MR) is 59.8 cm³/mol. The molecule has 0 amide bonds. The van der Waals surface area contributed by atoms with Crippen molar-refractivity contribution >= 4 is 0 Å². The molecule has 0 spiro atoms. The number of hydrogen-bond donors (Lipinski definition) is 1. The fourth-order valence-corrected chi connectivity index (χ4v) is 1.05. The highest BCUT2D eigenvalue weighted by molar-refractivity contribution is 5.08. The Kier molecular flexibility index (Phi) is 4.03. The molecule has 0 aromatic carbocycles. The highest BCUT2D eigenvalue weighted by Gasteiger charge is 2.12. The average molecular weight is 209 g/mol. The van der Waals surface area contributed by atoms with E-state index in [0.29, 0.717) is 5.88 Å². The lowest BCUT2D eigenvalue weighted by atomic mass is 10.2. The third kappa shape index (κ3) is 4.74. The molecule has 1 N–H and O–H groups in total. The summed E-state index contributed by atoms with van der Waals surface area (Å²) in [5.41, 5.74) is 0.704. The van der Waals surface area contributed by atoms with Crippen LogP contribution in [-0.2, 0) is 6.54 Å². The normalized spacial score (nSPS) is 11.5. The van der Waals surface area contributed by atoms with Crippen LogP contribution in [0.25, 0.3) is 0 Å². The van der Waals surface area contributed by atoms with Crippen LogP contribution in [0.3, 0.4) is 0 Å². The molecule has 0 aliphatic rings. The summed E-state index contributed by atoms with van der Waals surface area (Å²) in [5, 5.41) is 3.19. The SMILES string of the molecule is CCNCc1cnc(OC(C)(C)C)cn1. The molecule has 0 bridgehead atoms. The van der Waals surface area contributed by atoms with Gasteiger partial charge in [0.2, 0.25) is 5.88 Å². The topological polar surface area (TPSA) is 47.0 Å². The molecule has 1 aromatic heterocycles. The molecular weight excluding hydrogens is 190 g/mol. The quantitative estimate of drug-likeness (QED) is 0.821. The number of hydrogen-bond acceptors (Lipinski definition) is 4. The van der Waals surface area contributed by atoms with Crippen molar-refractivity contribution in [2.75, 3.05) is 6.54 Å². The fourth-order valence-electron chi connectivity index (χ4n) is 1.05. The van der Waals surface area contributed by atoms with E-state index >= 15 is 0 Å². The number of rotatable bonds is 4. The molecular formula is C11H19N3O. The van der Waals surface area contributed by atoms with Crippen molar-refractivity contribution in [2.24, 2.45) is 0 Å². The molecule has 0 fully saturated rings. The first kappa shape index (κ1) is 11.9. The van der Waals surface area contributed by atoms with E-state index in [9.17, 15) is 0 Å². The monoisotopic (exact) mass is 209 g/mol. The molecule has 0 saturated heterocycles. The molecule has 4 heteroatoms. The summed E-state index contributed by atoms with van der Waals surface area (Å²) < 4.78 is 5.57. The highest BCUT2D eigenvalue weighted by Crippen LogP contribution is 2.13. The van der Waals surface area contributed by atoms with Gasteiger partial charge in [0.15, 0.2) is 0 Å². The zero-order valence-electron chi connectivity index (χ0n) is 9.87. The summed E-state index contributed by atoms with van der Waals surface area (Å²) in [7, 11) is 0. The second-order valence-electron chi connectivity index (χ2n) is 4.34. The lowest BCUT2D eigenvalue weighted by molar-refractivity contribution is 0.123. The summed E-state index contributed by atoms with van der Waals surface area (Å²) in [5.74, 6) is 0.572. The first-order valence-electron chi connectivity index (χ1n) is 5.22. The van der Waals surface area contributed by atoms with Gasteiger partial charge in [0.25, 0.3) is 0 Å². The van der Waals surface area contributed by atoms with Gasteiger partial charge in [-0.3, -0.25) is 4.98 Å². The van der Waals surface area contributed by atoms with Crippen molar-refractivity contribution in [3.05, 3.63) is 18.1 Å². The van der Waals surface area contributed by atoms with E-state index in [-0.39, 0.29) is 5.60 Å². The Morgan fingerprint density at radius 2 is 2.00 bits per heavy atom. The average Bonchev–Trinajstić information content (AvgIpc) is 2.14. The summed E-state index contributed by atoms with van der Waals surface area (Å²) >= 11 is 0. The molecule has 4 nitrogen and oxygen atoms in total. The third-order valence-electron chi connectivity index (χ3n) is 1.65. The summed E-state index contributed by atoms with van der Waals surface area (Å²) in [4.78, 5) is 8.44. The lowest BCUT2D eigenvalue weighted by Gasteiger charge is -2.19. The van der Waals surface area contributed by atoms with Crippen molar-refractivity contribution < 1.29 is 4.74 Å². The second kappa shape index (κ2) is 5.07. The van der Waals surface area contributed by atoms with Gasteiger partial charge in [0.05, 0.1) is 18.1 Å². The fraction of sp³-hybridized carbons (Fsp3) is 0.636. The summed E-state index contributed by atoms with van der Waals surface area (Å²) in [6.07, 6.45) is 3.40. The van der Waals surface area contributed by atoms with E-state index < -0.39 is 0 Å². The Morgan fingerprint density at radius 1 is 1.27 bits per heavy atom. The molecule has 15 heavy (non-hydrogen) atoms. The maximum absolute atomic E-state index is 5.57. The van der Waals surface area contributed by atoms with Gasteiger partial charge in [-0.1, -0.05) is 6.92 Å². The van der Waals surface area contributed by atoms with Gasteiger partial charge in [0.1, 0.15) is 5.60 Å². The summed E-state index contributed by atoms with van der Waals surface area (Å²) in [6, 6.07) is 0. The maximum atomic E-state index is 5.57. The Morgan fingerprint density at radius 3 is 2.47 bits per heavy atom. The zero-order valence-corrected chi connectivity index (χ0v) is 9.87. The molecule has 84 valence electrons. The number of aromatic nitrogens is 2. The summed E-state index contributed by atoms with van der Waals surface area (Å²) in [6.45, 7) is 9.70. The Bertz CT molecular complexity index is 290. The minimum absolute atomic E-state index is 0.224. The Balaban J connectivity index is 2.56. The maximum Gasteiger partial charge on any atom is 0.232 e. The Hall–Kier alpha value is -1.16. The van der Waals surface area contributed by atoms with Gasteiger partial charge in [-0.2, -0.15) is 0 Å². The first-order valence-corrected chi connectivity index (χ1v) is 5.22. The van der Waals surface area contributed by atoms with Crippen molar-refractivity contribution in [3.8, 4) is 5.88 Å². The second-order valence-corrected chi connectivity index (χ2v) is 4.34. The molecule has 1 heterocycles. The molecule has 1 rings (SSSR count). The van der Waals surface area contributed by atoms with Gasteiger partial charge >= 0.3 is 0 Å². The van der Waals surface area contributed by atoms with Crippen LogP contribution in [0.1, 0.15) is 33.4 Å². The Labute approximate surface area is 91.1 Å².